The van der Waals surface area contributed by atoms with Crippen molar-refractivity contribution in [3.63, 3.8) is 0 Å². The van der Waals surface area contributed by atoms with Crippen LogP contribution in [0.4, 0.5) is 0 Å². The van der Waals surface area contributed by atoms with Crippen molar-refractivity contribution in [3.8, 4) is 5.75 Å². The van der Waals surface area contributed by atoms with Gasteiger partial charge in [0.05, 0.1) is 0 Å². The largest absolute Gasteiger partial charge is 0.478 e. The molecule has 0 saturated carbocycles. The van der Waals surface area contributed by atoms with Crippen LogP contribution in [0.25, 0.3) is 0 Å². The topological polar surface area (TPSA) is 46.5 Å². The summed E-state index contributed by atoms with van der Waals surface area (Å²) in [4.78, 5) is 11.0. The molecule has 0 aromatic heterocycles. The molecule has 0 amide bonds. The fourth-order valence-corrected chi connectivity index (χ4v) is 1.65. The molecule has 0 aliphatic rings. The van der Waals surface area contributed by atoms with E-state index in [4.69, 9.17) is 9.84 Å². The van der Waals surface area contributed by atoms with Gasteiger partial charge in [-0.1, -0.05) is 22.9 Å². The molecule has 0 aliphatic carbocycles. The second kappa shape index (κ2) is 4.87. The van der Waals surface area contributed by atoms with Gasteiger partial charge < -0.3 is 9.84 Å². The number of halogens is 1. The number of aryl methyl sites for hydroxylation is 1. The molecule has 0 saturated heterocycles. The predicted octanol–water partition coefficient (Wildman–Crippen LogP) is 3.25. The Hall–Kier alpha value is -1.03. The lowest BCUT2D eigenvalue weighted by Gasteiger charge is -2.23. The molecule has 0 radical (unpaired) electrons. The van der Waals surface area contributed by atoms with Crippen LogP contribution < -0.4 is 4.74 Å². The highest BCUT2D eigenvalue weighted by Gasteiger charge is 2.29. The molecule has 0 atom stereocenters. The second-order valence-corrected chi connectivity index (χ2v) is 4.94. The molecule has 88 valence electrons. The summed E-state index contributed by atoms with van der Waals surface area (Å²) in [5, 5.41) is 8.99. The smallest absolute Gasteiger partial charge is 0.347 e. The lowest BCUT2D eigenvalue weighted by Crippen LogP contribution is -2.38. The number of carboxylic acids is 1. The minimum absolute atomic E-state index is 0.623. The molecular formula is C12H15BrO3. The van der Waals surface area contributed by atoms with E-state index in [2.05, 4.69) is 15.9 Å². The zero-order valence-electron chi connectivity index (χ0n) is 9.58. The van der Waals surface area contributed by atoms with Crippen LogP contribution in [0.2, 0.25) is 0 Å². The third kappa shape index (κ3) is 2.98. The molecule has 1 rings (SSSR count). The Balaban J connectivity index is 3.01. The fourth-order valence-electron chi connectivity index (χ4n) is 1.24. The number of hydrogen-bond acceptors (Lipinski definition) is 2. The van der Waals surface area contributed by atoms with E-state index < -0.39 is 11.6 Å². The van der Waals surface area contributed by atoms with Gasteiger partial charge in [-0.15, -0.1) is 0 Å². The molecule has 0 unspecified atom stereocenters. The van der Waals surface area contributed by atoms with E-state index in [0.29, 0.717) is 5.75 Å². The Morgan fingerprint density at radius 2 is 2.12 bits per heavy atom. The van der Waals surface area contributed by atoms with E-state index in [9.17, 15) is 4.79 Å². The molecule has 4 heteroatoms. The molecule has 1 aromatic carbocycles. The summed E-state index contributed by atoms with van der Waals surface area (Å²) in [6, 6.07) is 5.56. The van der Waals surface area contributed by atoms with Crippen LogP contribution in [0.15, 0.2) is 22.7 Å². The van der Waals surface area contributed by atoms with Crippen molar-refractivity contribution in [1.82, 2.24) is 0 Å². The van der Waals surface area contributed by atoms with Gasteiger partial charge >= 0.3 is 5.97 Å². The molecule has 3 nitrogen and oxygen atoms in total. The van der Waals surface area contributed by atoms with E-state index in [1.165, 1.54) is 13.8 Å². The molecule has 0 heterocycles. The Labute approximate surface area is 104 Å². The van der Waals surface area contributed by atoms with Gasteiger partial charge in [-0.05, 0) is 44.0 Å². The summed E-state index contributed by atoms with van der Waals surface area (Å²) < 4.78 is 6.48. The highest BCUT2D eigenvalue weighted by molar-refractivity contribution is 9.10. The zero-order chi connectivity index (χ0) is 12.3. The normalized spacial score (nSPS) is 11.2. The first-order chi connectivity index (χ1) is 7.36. The van der Waals surface area contributed by atoms with Crippen LogP contribution in [0, 0.1) is 0 Å². The van der Waals surface area contributed by atoms with Gasteiger partial charge in [-0.3, -0.25) is 0 Å². The molecule has 1 N–H and O–H groups in total. The van der Waals surface area contributed by atoms with Crippen molar-refractivity contribution in [2.45, 2.75) is 32.8 Å². The van der Waals surface area contributed by atoms with Crippen molar-refractivity contribution >= 4 is 21.9 Å². The summed E-state index contributed by atoms with van der Waals surface area (Å²) >= 11 is 3.37. The highest BCUT2D eigenvalue weighted by atomic mass is 79.9. The molecule has 1 aromatic rings. The van der Waals surface area contributed by atoms with Crippen LogP contribution in [0.1, 0.15) is 26.3 Å². The van der Waals surface area contributed by atoms with Crippen molar-refractivity contribution in [3.05, 3.63) is 28.2 Å². The molecule has 0 bridgehead atoms. The predicted molar refractivity (Wildman–Crippen MR) is 65.9 cm³/mol. The molecule has 0 spiro atoms. The van der Waals surface area contributed by atoms with E-state index >= 15 is 0 Å². The van der Waals surface area contributed by atoms with Crippen molar-refractivity contribution in [2.75, 3.05) is 0 Å². The summed E-state index contributed by atoms with van der Waals surface area (Å²) in [6.45, 7) is 5.08. The average molecular weight is 287 g/mol. The number of ether oxygens (including phenoxy) is 1. The number of hydrogen-bond donors (Lipinski definition) is 1. The summed E-state index contributed by atoms with van der Waals surface area (Å²) in [7, 11) is 0. The molecule has 0 fully saturated rings. The second-order valence-electron chi connectivity index (χ2n) is 4.02. The Morgan fingerprint density at radius 1 is 1.50 bits per heavy atom. The molecule has 16 heavy (non-hydrogen) atoms. The number of carbonyl (C=O) groups is 1. The van der Waals surface area contributed by atoms with Crippen molar-refractivity contribution < 1.29 is 14.6 Å². The molecular weight excluding hydrogens is 272 g/mol. The van der Waals surface area contributed by atoms with Crippen LogP contribution in [-0.2, 0) is 11.2 Å². The van der Waals surface area contributed by atoms with E-state index in [1.54, 1.807) is 6.07 Å². The Morgan fingerprint density at radius 3 is 2.62 bits per heavy atom. The lowest BCUT2D eigenvalue weighted by atomic mass is 10.1. The van der Waals surface area contributed by atoms with Crippen LogP contribution in [-0.4, -0.2) is 16.7 Å². The van der Waals surface area contributed by atoms with Gasteiger partial charge in [0.15, 0.2) is 5.60 Å². The number of carboxylic acid groups (broad SMARTS) is 1. The first-order valence-electron chi connectivity index (χ1n) is 5.07. The SMILES string of the molecule is CCc1cc(Br)ccc1OC(C)(C)C(=O)O. The van der Waals surface area contributed by atoms with Gasteiger partial charge in [0.25, 0.3) is 0 Å². The Kier molecular flexibility index (Phi) is 3.97. The third-order valence-electron chi connectivity index (χ3n) is 2.28. The summed E-state index contributed by atoms with van der Waals surface area (Å²) in [5.74, 6) is -0.351. The lowest BCUT2D eigenvalue weighted by molar-refractivity contribution is -0.152. The first kappa shape index (κ1) is 13.0. The van der Waals surface area contributed by atoms with E-state index in [-0.39, 0.29) is 0 Å². The first-order valence-corrected chi connectivity index (χ1v) is 5.87. The average Bonchev–Trinajstić information content (AvgIpc) is 2.20. The van der Waals surface area contributed by atoms with Crippen LogP contribution in [0.3, 0.4) is 0 Å². The van der Waals surface area contributed by atoms with E-state index in [0.717, 1.165) is 16.5 Å². The minimum atomic E-state index is -1.21. The van der Waals surface area contributed by atoms with Gasteiger partial charge in [0.1, 0.15) is 5.75 Å². The maximum Gasteiger partial charge on any atom is 0.347 e. The maximum atomic E-state index is 11.0. The number of aliphatic carboxylic acids is 1. The highest BCUT2D eigenvalue weighted by Crippen LogP contribution is 2.27. The van der Waals surface area contributed by atoms with Gasteiger partial charge in [0, 0.05) is 4.47 Å². The van der Waals surface area contributed by atoms with Crippen molar-refractivity contribution in [1.29, 1.82) is 0 Å². The standard InChI is InChI=1S/C12H15BrO3/c1-4-8-7-9(13)5-6-10(8)16-12(2,3)11(14)15/h5-7H,4H2,1-3H3,(H,14,15). The summed E-state index contributed by atoms with van der Waals surface area (Å²) in [6.07, 6.45) is 0.796. The third-order valence-corrected chi connectivity index (χ3v) is 2.78. The van der Waals surface area contributed by atoms with Crippen LogP contribution in [0.5, 0.6) is 5.75 Å². The van der Waals surface area contributed by atoms with Gasteiger partial charge in [-0.2, -0.15) is 0 Å². The summed E-state index contributed by atoms with van der Waals surface area (Å²) in [5.41, 5.74) is -0.221. The Bertz CT molecular complexity index is 399. The van der Waals surface area contributed by atoms with E-state index in [1.807, 2.05) is 19.1 Å². The monoisotopic (exact) mass is 286 g/mol. The molecule has 0 aliphatic heterocycles. The quantitative estimate of drug-likeness (QED) is 0.924. The zero-order valence-corrected chi connectivity index (χ0v) is 11.2. The maximum absolute atomic E-state index is 11.0. The van der Waals surface area contributed by atoms with Crippen LogP contribution >= 0.6 is 15.9 Å². The number of benzene rings is 1. The van der Waals surface area contributed by atoms with Gasteiger partial charge in [-0.25, -0.2) is 4.79 Å². The number of rotatable bonds is 4. The van der Waals surface area contributed by atoms with Gasteiger partial charge in [0.2, 0.25) is 0 Å². The van der Waals surface area contributed by atoms with Crippen molar-refractivity contribution in [2.24, 2.45) is 0 Å². The fraction of sp³-hybridized carbons (Fsp3) is 0.417. The minimum Gasteiger partial charge on any atom is -0.478 e.